The zero-order valence-corrected chi connectivity index (χ0v) is 13.0. The van der Waals surface area contributed by atoms with Crippen LogP contribution in [-0.2, 0) is 4.79 Å². The van der Waals surface area contributed by atoms with E-state index < -0.39 is 0 Å². The monoisotopic (exact) mass is 393 g/mol. The number of aromatic hydroxyl groups is 1. The molecule has 0 spiro atoms. The molecule has 1 saturated heterocycles. The molecule has 17 heavy (non-hydrogen) atoms. The lowest BCUT2D eigenvalue weighted by molar-refractivity contribution is -0.115. The van der Waals surface area contributed by atoms with Gasteiger partial charge < -0.3 is 10.4 Å². The van der Waals surface area contributed by atoms with E-state index in [1.54, 1.807) is 18.2 Å². The van der Waals surface area contributed by atoms with Crippen molar-refractivity contribution in [1.82, 2.24) is 5.32 Å². The van der Waals surface area contributed by atoms with Gasteiger partial charge in [0, 0.05) is 0 Å². The molecule has 1 heterocycles. The summed E-state index contributed by atoms with van der Waals surface area (Å²) in [5.41, 5.74) is 0.795. The molecular formula is C10H5Br2NO2S2. The van der Waals surface area contributed by atoms with Gasteiger partial charge in [-0.05, 0) is 55.6 Å². The first kappa shape index (κ1) is 13.1. The van der Waals surface area contributed by atoms with Gasteiger partial charge in [0.1, 0.15) is 10.1 Å². The van der Waals surface area contributed by atoms with Gasteiger partial charge in [0.2, 0.25) is 0 Å². The Morgan fingerprint density at radius 2 is 1.94 bits per heavy atom. The minimum Gasteiger partial charge on any atom is -0.506 e. The number of nitrogens with one attached hydrogen (secondary N) is 1. The summed E-state index contributed by atoms with van der Waals surface area (Å²) in [5, 5.41) is 12.1. The number of halogens is 2. The van der Waals surface area contributed by atoms with Crippen molar-refractivity contribution in [2.75, 3.05) is 0 Å². The second-order valence-corrected chi connectivity index (χ2v) is 6.61. The third kappa shape index (κ3) is 2.90. The summed E-state index contributed by atoms with van der Waals surface area (Å²) in [7, 11) is 0. The van der Waals surface area contributed by atoms with Gasteiger partial charge in [-0.25, -0.2) is 0 Å². The standard InChI is InChI=1S/C10H5Br2NO2S2/c11-5-1-4(2-6(12)8(5)14)3-7-9(15)13-10(16)17-7/h1-3,14H,(H,13,15,16)/b7-3-. The molecule has 3 nitrogen and oxygen atoms in total. The molecule has 1 fully saturated rings. The maximum Gasteiger partial charge on any atom is 0.263 e. The number of hydrogen-bond acceptors (Lipinski definition) is 4. The third-order valence-corrected chi connectivity index (χ3v) is 4.35. The molecule has 88 valence electrons. The molecule has 1 aromatic carbocycles. The van der Waals surface area contributed by atoms with Gasteiger partial charge in [-0.2, -0.15) is 0 Å². The van der Waals surface area contributed by atoms with Crippen molar-refractivity contribution in [3.05, 3.63) is 31.5 Å². The van der Waals surface area contributed by atoms with Crippen LogP contribution >= 0.6 is 55.8 Å². The summed E-state index contributed by atoms with van der Waals surface area (Å²) < 4.78 is 1.58. The number of benzene rings is 1. The van der Waals surface area contributed by atoms with Gasteiger partial charge in [0.05, 0.1) is 13.9 Å². The fourth-order valence-corrected chi connectivity index (χ4v) is 3.51. The van der Waals surface area contributed by atoms with Gasteiger partial charge in [0.25, 0.3) is 5.91 Å². The second kappa shape index (κ2) is 5.09. The summed E-state index contributed by atoms with van der Waals surface area (Å²) in [5.74, 6) is -0.0634. The van der Waals surface area contributed by atoms with Crippen LogP contribution in [0, 0.1) is 0 Å². The van der Waals surface area contributed by atoms with Crippen molar-refractivity contribution >= 4 is 72.1 Å². The Bertz CT molecular complexity index is 534. The molecule has 0 bridgehead atoms. The summed E-state index contributed by atoms with van der Waals surface area (Å²) in [4.78, 5) is 12.0. The molecule has 2 rings (SSSR count). The van der Waals surface area contributed by atoms with Gasteiger partial charge in [-0.1, -0.05) is 24.0 Å². The number of thioether (sulfide) groups is 1. The van der Waals surface area contributed by atoms with Gasteiger partial charge in [0.15, 0.2) is 0 Å². The van der Waals surface area contributed by atoms with Crippen LogP contribution in [0.2, 0.25) is 0 Å². The Morgan fingerprint density at radius 3 is 2.41 bits per heavy atom. The van der Waals surface area contributed by atoms with Crippen molar-refractivity contribution in [1.29, 1.82) is 0 Å². The highest BCUT2D eigenvalue weighted by molar-refractivity contribution is 9.11. The quantitative estimate of drug-likeness (QED) is 0.566. The van der Waals surface area contributed by atoms with E-state index in [0.717, 1.165) is 5.56 Å². The van der Waals surface area contributed by atoms with E-state index >= 15 is 0 Å². The normalized spacial score (nSPS) is 17.6. The van der Waals surface area contributed by atoms with Crippen LogP contribution in [-0.4, -0.2) is 15.3 Å². The Labute approximate surface area is 124 Å². The number of thiocarbonyl (C=S) groups is 1. The van der Waals surface area contributed by atoms with Gasteiger partial charge >= 0.3 is 0 Å². The Balaban J connectivity index is 2.40. The number of carbonyl (C=O) groups excluding carboxylic acids is 1. The van der Waals surface area contributed by atoms with Crippen molar-refractivity contribution < 1.29 is 9.90 Å². The molecule has 0 atom stereocenters. The maximum absolute atomic E-state index is 11.5. The molecule has 1 amide bonds. The van der Waals surface area contributed by atoms with Crippen molar-refractivity contribution in [2.24, 2.45) is 0 Å². The van der Waals surface area contributed by atoms with E-state index in [0.29, 0.717) is 18.2 Å². The molecule has 0 radical (unpaired) electrons. The number of phenolic OH excluding ortho intramolecular Hbond substituents is 1. The molecule has 0 aromatic heterocycles. The molecule has 1 aliphatic heterocycles. The zero-order chi connectivity index (χ0) is 12.6. The highest BCUT2D eigenvalue weighted by Gasteiger charge is 2.22. The smallest absolute Gasteiger partial charge is 0.263 e. The first-order valence-electron chi connectivity index (χ1n) is 4.40. The fraction of sp³-hybridized carbons (Fsp3) is 0. The molecule has 2 N–H and O–H groups in total. The third-order valence-electron chi connectivity index (χ3n) is 1.98. The highest BCUT2D eigenvalue weighted by Crippen LogP contribution is 2.35. The van der Waals surface area contributed by atoms with Crippen LogP contribution in [0.3, 0.4) is 0 Å². The number of carbonyl (C=O) groups is 1. The lowest BCUT2D eigenvalue weighted by atomic mass is 10.2. The first-order valence-corrected chi connectivity index (χ1v) is 7.21. The highest BCUT2D eigenvalue weighted by atomic mass is 79.9. The summed E-state index contributed by atoms with van der Waals surface area (Å²) in [6.45, 7) is 0. The molecule has 0 aliphatic carbocycles. The van der Waals surface area contributed by atoms with Crippen LogP contribution < -0.4 is 5.32 Å². The Kier molecular flexibility index (Phi) is 3.92. The zero-order valence-electron chi connectivity index (χ0n) is 8.16. The minimum absolute atomic E-state index is 0.131. The second-order valence-electron chi connectivity index (χ2n) is 3.19. The van der Waals surface area contributed by atoms with Gasteiger partial charge in [-0.3, -0.25) is 4.79 Å². The van der Waals surface area contributed by atoms with Crippen LogP contribution in [0.15, 0.2) is 26.0 Å². The molecule has 1 aromatic rings. The number of rotatable bonds is 1. The van der Waals surface area contributed by atoms with Crippen LogP contribution in [0.1, 0.15) is 5.56 Å². The van der Waals surface area contributed by atoms with E-state index in [1.807, 2.05) is 0 Å². The van der Waals surface area contributed by atoms with Crippen LogP contribution in [0.5, 0.6) is 5.75 Å². The van der Waals surface area contributed by atoms with E-state index in [-0.39, 0.29) is 11.7 Å². The fourth-order valence-electron chi connectivity index (χ4n) is 1.24. The summed E-state index contributed by atoms with van der Waals surface area (Å²) in [6, 6.07) is 3.45. The molecule has 7 heteroatoms. The number of amides is 1. The van der Waals surface area contributed by atoms with E-state index in [1.165, 1.54) is 11.8 Å². The average molecular weight is 395 g/mol. The van der Waals surface area contributed by atoms with E-state index in [4.69, 9.17) is 12.2 Å². The lowest BCUT2D eigenvalue weighted by Gasteiger charge is -2.02. The molecular weight excluding hydrogens is 390 g/mol. The number of phenols is 1. The maximum atomic E-state index is 11.5. The Morgan fingerprint density at radius 1 is 1.35 bits per heavy atom. The largest absolute Gasteiger partial charge is 0.506 e. The van der Waals surface area contributed by atoms with E-state index in [9.17, 15) is 9.90 Å². The molecule has 0 unspecified atom stereocenters. The van der Waals surface area contributed by atoms with E-state index in [2.05, 4.69) is 37.2 Å². The predicted molar refractivity (Wildman–Crippen MR) is 79.8 cm³/mol. The predicted octanol–water partition coefficient (Wildman–Crippen LogP) is 3.41. The van der Waals surface area contributed by atoms with Crippen LogP contribution in [0.4, 0.5) is 0 Å². The minimum atomic E-state index is -0.194. The van der Waals surface area contributed by atoms with Gasteiger partial charge in [-0.15, -0.1) is 0 Å². The van der Waals surface area contributed by atoms with Crippen molar-refractivity contribution in [3.8, 4) is 5.75 Å². The number of hydrogen-bond donors (Lipinski definition) is 2. The Hall–Kier alpha value is -0.370. The summed E-state index contributed by atoms with van der Waals surface area (Å²) in [6.07, 6.45) is 1.72. The molecule has 1 aliphatic rings. The molecule has 0 saturated carbocycles. The van der Waals surface area contributed by atoms with Crippen molar-refractivity contribution in [3.63, 3.8) is 0 Å². The van der Waals surface area contributed by atoms with Crippen LogP contribution in [0.25, 0.3) is 6.08 Å². The average Bonchev–Trinajstić information content (AvgIpc) is 2.54. The summed E-state index contributed by atoms with van der Waals surface area (Å²) >= 11 is 12.6. The lowest BCUT2D eigenvalue weighted by Crippen LogP contribution is -2.17. The SMILES string of the molecule is O=C1NC(=S)S/C1=C\c1cc(Br)c(O)c(Br)c1. The van der Waals surface area contributed by atoms with Crippen molar-refractivity contribution in [2.45, 2.75) is 0 Å². The first-order chi connectivity index (χ1) is 7.97. The topological polar surface area (TPSA) is 49.3 Å².